The number of nitriles is 1. The molecule has 0 aliphatic carbocycles. The number of nitrogens with one attached hydrogen (secondary N) is 1. The van der Waals surface area contributed by atoms with E-state index in [2.05, 4.69) is 20.5 Å². The highest BCUT2D eigenvalue weighted by atomic mass is 19.4. The fraction of sp³-hybridized carbons (Fsp3) is 0.444. The molecule has 1 aromatic carbocycles. The number of benzene rings is 1. The Labute approximate surface area is 235 Å². The van der Waals surface area contributed by atoms with Crippen molar-refractivity contribution in [2.45, 2.75) is 75.9 Å². The van der Waals surface area contributed by atoms with E-state index in [9.17, 15) is 41.5 Å². The van der Waals surface area contributed by atoms with E-state index in [1.807, 2.05) is 6.07 Å². The molecule has 1 aliphatic heterocycles. The number of halogens is 6. The van der Waals surface area contributed by atoms with Gasteiger partial charge in [0.1, 0.15) is 5.60 Å². The van der Waals surface area contributed by atoms with Crippen molar-refractivity contribution in [1.29, 1.82) is 5.26 Å². The summed E-state index contributed by atoms with van der Waals surface area (Å²) < 4.78 is 96.5. The van der Waals surface area contributed by atoms with Gasteiger partial charge in [0.25, 0.3) is 17.4 Å². The minimum atomic E-state index is -5.38. The summed E-state index contributed by atoms with van der Waals surface area (Å²) in [6, 6.07) is 7.17. The first-order chi connectivity index (χ1) is 19.3. The number of carbonyl (C=O) groups excluding carboxylic acids is 1. The van der Waals surface area contributed by atoms with Gasteiger partial charge in [0.05, 0.1) is 28.9 Å². The molecular formula is C27H25F6N5O4. The maximum absolute atomic E-state index is 14.4. The molecule has 15 heteroatoms. The van der Waals surface area contributed by atoms with Crippen molar-refractivity contribution in [2.75, 3.05) is 5.32 Å². The minimum absolute atomic E-state index is 0.0801. The summed E-state index contributed by atoms with van der Waals surface area (Å²) in [6.45, 7) is 6.11. The van der Waals surface area contributed by atoms with Crippen molar-refractivity contribution in [2.24, 2.45) is 0 Å². The molecule has 3 atom stereocenters. The van der Waals surface area contributed by atoms with Gasteiger partial charge in [-0.05, 0) is 51.2 Å². The van der Waals surface area contributed by atoms with E-state index in [0.29, 0.717) is 11.6 Å². The third-order valence-electron chi connectivity index (χ3n) is 6.59. The molecule has 9 nitrogen and oxygen atoms in total. The fourth-order valence-electron chi connectivity index (χ4n) is 4.48. The van der Waals surface area contributed by atoms with Gasteiger partial charge in [-0.2, -0.15) is 31.6 Å². The standard InChI is InChI=1S/C27H25F6N5O4/c1-13-8-9-15(12-34)19-17(26(28,29)30)11-18(35-23(39)42-24(2,3)4)20(36-19)21-37-38-22(41-21)25(40,27(31,32)33)16-7-5-6-14(13)10-16/h5-7,10-11,13,15,40H,8-9H2,1-4H3,(H,35,39). The summed E-state index contributed by atoms with van der Waals surface area (Å²) in [4.78, 5) is 16.5. The molecule has 3 aromatic rings. The van der Waals surface area contributed by atoms with Crippen molar-refractivity contribution >= 4 is 11.8 Å². The first kappa shape index (κ1) is 30.8. The van der Waals surface area contributed by atoms with E-state index >= 15 is 0 Å². The topological polar surface area (TPSA) is 134 Å². The molecule has 2 aromatic heterocycles. The molecule has 3 heterocycles. The summed E-state index contributed by atoms with van der Waals surface area (Å²) >= 11 is 0. The van der Waals surface area contributed by atoms with Crippen molar-refractivity contribution < 1.29 is 45.4 Å². The SMILES string of the molecule is CC1CCC(C#N)c2nc(c(NC(=O)OC(C)(C)C)cc2C(F)(F)F)-c2nnc(o2)C(O)(C(F)(F)F)c2cccc1c2. The number of carbonyl (C=O) groups is 1. The van der Waals surface area contributed by atoms with Gasteiger partial charge >= 0.3 is 18.4 Å². The number of hydrogen-bond donors (Lipinski definition) is 2. The third kappa shape index (κ3) is 5.89. The molecule has 0 saturated carbocycles. The van der Waals surface area contributed by atoms with Crippen LogP contribution < -0.4 is 5.32 Å². The van der Waals surface area contributed by atoms with Crippen LogP contribution >= 0.6 is 0 Å². The predicted molar refractivity (Wildman–Crippen MR) is 134 cm³/mol. The van der Waals surface area contributed by atoms with E-state index in [4.69, 9.17) is 9.15 Å². The van der Waals surface area contributed by atoms with Crippen LogP contribution in [0.15, 0.2) is 34.7 Å². The van der Waals surface area contributed by atoms with Crippen LogP contribution in [0.4, 0.5) is 36.8 Å². The van der Waals surface area contributed by atoms with Gasteiger partial charge in [0.15, 0.2) is 5.69 Å². The Morgan fingerprint density at radius 2 is 1.83 bits per heavy atom. The molecule has 2 N–H and O–H groups in total. The third-order valence-corrected chi connectivity index (χ3v) is 6.59. The zero-order valence-corrected chi connectivity index (χ0v) is 22.7. The Morgan fingerprint density at radius 1 is 1.14 bits per heavy atom. The number of anilines is 1. The average molecular weight is 598 g/mol. The summed E-state index contributed by atoms with van der Waals surface area (Å²) in [5.74, 6) is -4.15. The lowest BCUT2D eigenvalue weighted by Crippen LogP contribution is -2.43. The van der Waals surface area contributed by atoms with Crippen LogP contribution in [-0.4, -0.2) is 38.2 Å². The molecule has 1 amide bonds. The normalized spacial score (nSPS) is 21.2. The van der Waals surface area contributed by atoms with Crippen molar-refractivity contribution in [1.82, 2.24) is 15.2 Å². The lowest BCUT2D eigenvalue weighted by molar-refractivity contribution is -0.255. The van der Waals surface area contributed by atoms with Crippen molar-refractivity contribution in [3.63, 3.8) is 0 Å². The van der Waals surface area contributed by atoms with Crippen LogP contribution in [0.2, 0.25) is 0 Å². The van der Waals surface area contributed by atoms with Gasteiger partial charge in [-0.25, -0.2) is 9.78 Å². The number of amides is 1. The fourth-order valence-corrected chi connectivity index (χ4v) is 4.48. The first-order valence-corrected chi connectivity index (χ1v) is 12.6. The van der Waals surface area contributed by atoms with E-state index < -0.39 is 81.5 Å². The Balaban J connectivity index is 2.03. The lowest BCUT2D eigenvalue weighted by Gasteiger charge is -2.28. The number of ether oxygens (including phenoxy) is 1. The second-order valence-corrected chi connectivity index (χ2v) is 10.8. The molecule has 0 fully saturated rings. The number of hydrogen-bond acceptors (Lipinski definition) is 8. The monoisotopic (exact) mass is 597 g/mol. The van der Waals surface area contributed by atoms with Crippen LogP contribution in [0.5, 0.6) is 0 Å². The van der Waals surface area contributed by atoms with Gasteiger partial charge in [0, 0.05) is 5.56 Å². The van der Waals surface area contributed by atoms with Crippen molar-refractivity contribution in [3.05, 3.63) is 58.6 Å². The molecular weight excluding hydrogens is 572 g/mol. The van der Waals surface area contributed by atoms with Crippen LogP contribution in [-0.2, 0) is 16.5 Å². The molecule has 6 bridgehead atoms. The number of aromatic nitrogens is 3. The summed E-state index contributed by atoms with van der Waals surface area (Å²) in [5, 5.41) is 29.9. The zero-order chi connectivity index (χ0) is 31.3. The summed E-state index contributed by atoms with van der Waals surface area (Å²) in [6.07, 6.45) is -11.7. The predicted octanol–water partition coefficient (Wildman–Crippen LogP) is 6.80. The smallest absolute Gasteiger partial charge is 0.430 e. The van der Waals surface area contributed by atoms with E-state index in [1.165, 1.54) is 32.9 Å². The maximum atomic E-state index is 14.4. The highest BCUT2D eigenvalue weighted by Gasteiger charge is 2.60. The lowest BCUT2D eigenvalue weighted by atomic mass is 9.85. The minimum Gasteiger partial charge on any atom is -0.444 e. The Hall–Kier alpha value is -4.19. The van der Waals surface area contributed by atoms with Crippen molar-refractivity contribution in [3.8, 4) is 17.7 Å². The number of nitrogens with zero attached hydrogens (tertiary/aromatic N) is 4. The molecule has 0 spiro atoms. The van der Waals surface area contributed by atoms with Gasteiger partial charge in [-0.1, -0.05) is 31.2 Å². The quantitative estimate of drug-likeness (QED) is 0.293. The number of aliphatic hydroxyl groups is 1. The Kier molecular flexibility index (Phi) is 7.75. The summed E-state index contributed by atoms with van der Waals surface area (Å²) in [7, 11) is 0. The maximum Gasteiger partial charge on any atom is 0.430 e. The van der Waals surface area contributed by atoms with E-state index in [1.54, 1.807) is 6.92 Å². The average Bonchev–Trinajstić information content (AvgIpc) is 3.36. The molecule has 224 valence electrons. The van der Waals surface area contributed by atoms with E-state index in [-0.39, 0.29) is 12.8 Å². The van der Waals surface area contributed by atoms with Crippen LogP contribution in [0.3, 0.4) is 0 Å². The first-order valence-electron chi connectivity index (χ1n) is 12.6. The number of pyridine rings is 1. The zero-order valence-electron chi connectivity index (χ0n) is 22.7. The molecule has 4 rings (SSSR count). The molecule has 42 heavy (non-hydrogen) atoms. The van der Waals surface area contributed by atoms with Gasteiger partial charge < -0.3 is 14.3 Å². The van der Waals surface area contributed by atoms with Gasteiger partial charge in [-0.3, -0.25) is 5.32 Å². The highest BCUT2D eigenvalue weighted by Crippen LogP contribution is 2.46. The molecule has 1 aliphatic rings. The van der Waals surface area contributed by atoms with Gasteiger partial charge in [-0.15, -0.1) is 10.2 Å². The van der Waals surface area contributed by atoms with E-state index in [0.717, 1.165) is 12.1 Å². The van der Waals surface area contributed by atoms with Gasteiger partial charge in [0.2, 0.25) is 0 Å². The second kappa shape index (κ2) is 10.6. The second-order valence-electron chi connectivity index (χ2n) is 10.8. The number of alkyl halides is 6. The Bertz CT molecular complexity index is 1540. The largest absolute Gasteiger partial charge is 0.444 e. The van der Waals surface area contributed by atoms with Crippen LogP contribution in [0, 0.1) is 11.3 Å². The van der Waals surface area contributed by atoms with Crippen LogP contribution in [0.1, 0.15) is 80.6 Å². The highest BCUT2D eigenvalue weighted by molar-refractivity contribution is 5.89. The number of fused-ring (bicyclic) bond motifs is 7. The molecule has 3 unspecified atom stereocenters. The molecule has 0 saturated heterocycles. The molecule has 0 radical (unpaired) electrons. The van der Waals surface area contributed by atoms with Crippen LogP contribution in [0.25, 0.3) is 11.6 Å². The Morgan fingerprint density at radius 3 is 2.43 bits per heavy atom. The summed E-state index contributed by atoms with van der Waals surface area (Å²) in [5.41, 5.74) is -8.66. The number of rotatable bonds is 1.